The van der Waals surface area contributed by atoms with Gasteiger partial charge in [0.25, 0.3) is 0 Å². The lowest BCUT2D eigenvalue weighted by Gasteiger charge is -2.37. The van der Waals surface area contributed by atoms with Crippen molar-refractivity contribution in [1.82, 2.24) is 9.47 Å². The Kier molecular flexibility index (Phi) is 4.04. The van der Waals surface area contributed by atoms with Gasteiger partial charge in [0.15, 0.2) is 0 Å². The van der Waals surface area contributed by atoms with E-state index in [2.05, 4.69) is 22.1 Å². The van der Waals surface area contributed by atoms with Crippen LogP contribution < -0.4 is 5.32 Å². The number of benzene rings is 1. The average molecular weight is 358 g/mol. The van der Waals surface area contributed by atoms with E-state index in [0.717, 1.165) is 22.8 Å². The first-order chi connectivity index (χ1) is 11.7. The zero-order chi connectivity index (χ0) is 16.5. The summed E-state index contributed by atoms with van der Waals surface area (Å²) in [5.41, 5.74) is 2.17. The van der Waals surface area contributed by atoms with Gasteiger partial charge in [0.2, 0.25) is 0 Å². The number of hydrogen-bond donors (Lipinski definition) is 1. The fraction of sp³-hybridized carbons (Fsp3) is 0.167. The number of rotatable bonds is 2. The van der Waals surface area contributed by atoms with Gasteiger partial charge in [0.1, 0.15) is 0 Å². The van der Waals surface area contributed by atoms with E-state index in [4.69, 9.17) is 11.6 Å². The van der Waals surface area contributed by atoms with Crippen molar-refractivity contribution in [3.8, 4) is 0 Å². The SMILES string of the molecule is O=C(Nc1cccs1)N1CCn2cccc2[C@@H]1c1ccc(Cl)cc1. The Bertz CT molecular complexity index is 842. The van der Waals surface area contributed by atoms with Gasteiger partial charge in [-0.25, -0.2) is 4.79 Å². The van der Waals surface area contributed by atoms with Gasteiger partial charge in [-0.15, -0.1) is 11.3 Å². The number of thiophene rings is 1. The van der Waals surface area contributed by atoms with Crippen LogP contribution in [0.25, 0.3) is 0 Å². The molecule has 0 radical (unpaired) electrons. The van der Waals surface area contributed by atoms with Gasteiger partial charge < -0.3 is 9.47 Å². The Balaban J connectivity index is 1.69. The van der Waals surface area contributed by atoms with Crippen molar-refractivity contribution in [3.05, 3.63) is 76.4 Å². The number of aromatic nitrogens is 1. The molecule has 0 unspecified atom stereocenters. The van der Waals surface area contributed by atoms with Crippen LogP contribution >= 0.6 is 22.9 Å². The predicted octanol–water partition coefficient (Wildman–Crippen LogP) is 4.84. The van der Waals surface area contributed by atoms with E-state index in [1.807, 2.05) is 52.7 Å². The minimum Gasteiger partial charge on any atom is -0.348 e. The minimum absolute atomic E-state index is 0.0788. The van der Waals surface area contributed by atoms with E-state index < -0.39 is 0 Å². The van der Waals surface area contributed by atoms with Crippen molar-refractivity contribution >= 4 is 34.0 Å². The zero-order valence-electron chi connectivity index (χ0n) is 12.9. The largest absolute Gasteiger partial charge is 0.348 e. The summed E-state index contributed by atoms with van der Waals surface area (Å²) in [5.74, 6) is 0. The summed E-state index contributed by atoms with van der Waals surface area (Å²) in [5, 5.41) is 6.50. The van der Waals surface area contributed by atoms with Crippen LogP contribution in [0.4, 0.5) is 9.80 Å². The van der Waals surface area contributed by atoms with Crippen LogP contribution in [0.15, 0.2) is 60.1 Å². The number of anilines is 1. The van der Waals surface area contributed by atoms with Crippen LogP contribution in [-0.2, 0) is 6.54 Å². The molecule has 0 saturated carbocycles. The first-order valence-electron chi connectivity index (χ1n) is 7.74. The van der Waals surface area contributed by atoms with Gasteiger partial charge in [-0.2, -0.15) is 0 Å². The monoisotopic (exact) mass is 357 g/mol. The number of nitrogens with zero attached hydrogens (tertiary/aromatic N) is 2. The topological polar surface area (TPSA) is 37.3 Å². The predicted molar refractivity (Wildman–Crippen MR) is 97.8 cm³/mol. The molecule has 6 heteroatoms. The molecule has 1 aliphatic heterocycles. The van der Waals surface area contributed by atoms with Crippen LogP contribution in [0.5, 0.6) is 0 Å². The second-order valence-electron chi connectivity index (χ2n) is 5.68. The third kappa shape index (κ3) is 2.81. The second-order valence-corrected chi connectivity index (χ2v) is 7.07. The maximum absolute atomic E-state index is 12.8. The Morgan fingerprint density at radius 1 is 1.12 bits per heavy atom. The van der Waals surface area contributed by atoms with Gasteiger partial charge >= 0.3 is 6.03 Å². The van der Waals surface area contributed by atoms with Gasteiger partial charge in [0.05, 0.1) is 11.0 Å². The normalized spacial score (nSPS) is 16.7. The van der Waals surface area contributed by atoms with Crippen molar-refractivity contribution in [2.75, 3.05) is 11.9 Å². The lowest BCUT2D eigenvalue weighted by atomic mass is 10.0. The van der Waals surface area contributed by atoms with Crippen LogP contribution in [0.1, 0.15) is 17.3 Å². The molecule has 24 heavy (non-hydrogen) atoms. The number of halogens is 1. The van der Waals surface area contributed by atoms with Crippen molar-refractivity contribution in [2.45, 2.75) is 12.6 Å². The van der Waals surface area contributed by atoms with Crippen LogP contribution in [0, 0.1) is 0 Å². The van der Waals surface area contributed by atoms with Crippen LogP contribution in [0.2, 0.25) is 5.02 Å². The summed E-state index contributed by atoms with van der Waals surface area (Å²) in [7, 11) is 0. The molecule has 1 N–H and O–H groups in total. The molecule has 0 saturated heterocycles. The quantitative estimate of drug-likeness (QED) is 0.700. The van der Waals surface area contributed by atoms with E-state index in [0.29, 0.717) is 11.6 Å². The smallest absolute Gasteiger partial charge is 0.323 e. The minimum atomic E-state index is -0.119. The van der Waals surface area contributed by atoms with Gasteiger partial charge in [-0.3, -0.25) is 5.32 Å². The molecule has 2 aromatic heterocycles. The molecule has 0 fully saturated rings. The molecule has 2 amide bonds. The number of hydrogen-bond acceptors (Lipinski definition) is 2. The number of carbonyl (C=O) groups excluding carboxylic acids is 1. The molecular weight excluding hydrogens is 342 g/mol. The standard InChI is InChI=1S/C18H16ClN3OS/c19-14-7-5-13(6-8-14)17-15-3-1-9-21(15)10-11-22(17)18(23)20-16-4-2-12-24-16/h1-9,12,17H,10-11H2,(H,20,23)/t17-/m0/s1. The number of carbonyl (C=O) groups is 1. The molecule has 1 aliphatic rings. The highest BCUT2D eigenvalue weighted by atomic mass is 35.5. The first-order valence-corrected chi connectivity index (χ1v) is 9.00. The highest BCUT2D eigenvalue weighted by Crippen LogP contribution is 2.33. The molecule has 122 valence electrons. The fourth-order valence-electron chi connectivity index (χ4n) is 3.12. The molecule has 1 aromatic carbocycles. The molecule has 3 aromatic rings. The molecule has 4 nitrogen and oxygen atoms in total. The van der Waals surface area contributed by atoms with Gasteiger partial charge in [-0.05, 0) is 47.3 Å². The van der Waals surface area contributed by atoms with Crippen molar-refractivity contribution < 1.29 is 4.79 Å². The Morgan fingerprint density at radius 2 is 1.96 bits per heavy atom. The molecule has 1 atom stereocenters. The lowest BCUT2D eigenvalue weighted by molar-refractivity contribution is 0.182. The number of fused-ring (bicyclic) bond motifs is 1. The number of urea groups is 1. The first kappa shape index (κ1) is 15.3. The molecule has 0 spiro atoms. The van der Waals surface area contributed by atoms with Crippen molar-refractivity contribution in [3.63, 3.8) is 0 Å². The summed E-state index contributed by atoms with van der Waals surface area (Å²) >= 11 is 7.55. The third-order valence-corrected chi connectivity index (χ3v) is 5.27. The third-order valence-electron chi connectivity index (χ3n) is 4.24. The zero-order valence-corrected chi connectivity index (χ0v) is 14.4. The molecule has 4 rings (SSSR count). The fourth-order valence-corrected chi connectivity index (χ4v) is 3.86. The summed E-state index contributed by atoms with van der Waals surface area (Å²) in [6.45, 7) is 1.45. The Morgan fingerprint density at radius 3 is 2.71 bits per heavy atom. The molecule has 0 aliphatic carbocycles. The summed E-state index contributed by atoms with van der Waals surface area (Å²) in [6, 6.07) is 15.5. The lowest BCUT2D eigenvalue weighted by Crippen LogP contribution is -2.44. The van der Waals surface area contributed by atoms with E-state index in [9.17, 15) is 4.79 Å². The van der Waals surface area contributed by atoms with Gasteiger partial charge in [0, 0.05) is 30.0 Å². The second kappa shape index (κ2) is 6.34. The number of nitrogens with one attached hydrogen (secondary N) is 1. The van der Waals surface area contributed by atoms with Crippen molar-refractivity contribution in [1.29, 1.82) is 0 Å². The molecule has 0 bridgehead atoms. The highest BCUT2D eigenvalue weighted by Gasteiger charge is 2.32. The summed E-state index contributed by atoms with van der Waals surface area (Å²) in [6.07, 6.45) is 2.06. The average Bonchev–Trinajstić information content (AvgIpc) is 3.25. The van der Waals surface area contributed by atoms with Crippen LogP contribution in [-0.4, -0.2) is 22.0 Å². The molecular formula is C18H16ClN3OS. The summed E-state index contributed by atoms with van der Waals surface area (Å²) in [4.78, 5) is 14.7. The van der Waals surface area contributed by atoms with E-state index >= 15 is 0 Å². The maximum Gasteiger partial charge on any atom is 0.323 e. The Hall–Kier alpha value is -2.24. The van der Waals surface area contributed by atoms with E-state index in [-0.39, 0.29) is 12.1 Å². The van der Waals surface area contributed by atoms with Crippen molar-refractivity contribution in [2.24, 2.45) is 0 Å². The maximum atomic E-state index is 12.8. The van der Waals surface area contributed by atoms with E-state index in [1.165, 1.54) is 11.3 Å². The number of amides is 2. The Labute approximate surface area is 149 Å². The summed E-state index contributed by atoms with van der Waals surface area (Å²) < 4.78 is 2.20. The van der Waals surface area contributed by atoms with E-state index in [1.54, 1.807) is 0 Å². The van der Waals surface area contributed by atoms with Crippen LogP contribution in [0.3, 0.4) is 0 Å². The van der Waals surface area contributed by atoms with Gasteiger partial charge in [-0.1, -0.05) is 23.7 Å². The molecule has 3 heterocycles. The highest BCUT2D eigenvalue weighted by molar-refractivity contribution is 7.14.